The van der Waals surface area contributed by atoms with Crippen LogP contribution in [-0.4, -0.2) is 36.8 Å². The van der Waals surface area contributed by atoms with Crippen molar-refractivity contribution in [2.75, 3.05) is 13.7 Å². The molecule has 0 fully saturated rings. The van der Waals surface area contributed by atoms with Gasteiger partial charge >= 0.3 is 5.97 Å². The van der Waals surface area contributed by atoms with Gasteiger partial charge in [-0.15, -0.1) is 0 Å². The fraction of sp³-hybridized carbons (Fsp3) is 0.286. The Bertz CT molecular complexity index is 966. The summed E-state index contributed by atoms with van der Waals surface area (Å²) in [5, 5.41) is 0.00298. The summed E-state index contributed by atoms with van der Waals surface area (Å²) < 4.78 is 50.9. The van der Waals surface area contributed by atoms with Gasteiger partial charge < -0.3 is 15.2 Å². The molecule has 0 saturated heterocycles. The molecule has 1 unspecified atom stereocenters. The Morgan fingerprint density at radius 3 is 2.55 bits per heavy atom. The van der Waals surface area contributed by atoms with Gasteiger partial charge in [-0.3, -0.25) is 14.8 Å². The minimum Gasteiger partial charge on any atom is -0.497 e. The molecule has 0 aliphatic rings. The molecule has 0 aliphatic carbocycles. The second-order valence-corrected chi connectivity index (χ2v) is 6.68. The van der Waals surface area contributed by atoms with Crippen LogP contribution < -0.4 is 10.5 Å². The summed E-state index contributed by atoms with van der Waals surface area (Å²) in [5.41, 5.74) is 4.67. The van der Waals surface area contributed by atoms with Crippen LogP contribution in [0, 0.1) is 5.82 Å². The molecule has 0 radical (unpaired) electrons. The molecule has 2 aromatic rings. The maximum absolute atomic E-state index is 14.6. The number of benzene rings is 1. The van der Waals surface area contributed by atoms with Crippen LogP contribution in [0.4, 0.5) is 13.2 Å². The van der Waals surface area contributed by atoms with Crippen molar-refractivity contribution in [3.8, 4) is 5.75 Å². The summed E-state index contributed by atoms with van der Waals surface area (Å²) >= 11 is 5.74. The maximum atomic E-state index is 14.6. The van der Waals surface area contributed by atoms with Crippen molar-refractivity contribution in [3.05, 3.63) is 70.4 Å². The van der Waals surface area contributed by atoms with Crippen LogP contribution in [0.25, 0.3) is 0 Å². The highest BCUT2D eigenvalue weighted by atomic mass is 35.5. The van der Waals surface area contributed by atoms with E-state index >= 15 is 0 Å². The SMILES string of the molecule is CCOC(=O)C(C(C=C(N)C(F)F)=NCc1ccc(OC)cc1)c1ncc(Cl)cc1F. The minimum absolute atomic E-state index is 0.00252. The van der Waals surface area contributed by atoms with Gasteiger partial charge in [-0.2, -0.15) is 0 Å². The van der Waals surface area contributed by atoms with Crippen LogP contribution in [0.15, 0.2) is 53.3 Å². The smallest absolute Gasteiger partial charge is 0.321 e. The molecule has 0 bridgehead atoms. The standard InChI is InChI=1S/C21H21ClF3N3O3/c1-3-31-21(29)18(19-15(23)8-13(22)11-28-19)17(9-16(26)20(24)25)27-10-12-4-6-14(30-2)7-5-12/h4-9,11,18,20H,3,10,26H2,1-2H3. The molecule has 0 aliphatic heterocycles. The van der Waals surface area contributed by atoms with Crippen molar-refractivity contribution in [1.82, 2.24) is 4.98 Å². The summed E-state index contributed by atoms with van der Waals surface area (Å²) in [4.78, 5) is 20.8. The first kappa shape index (κ1) is 24.2. The molecular formula is C21H21ClF3N3O3. The number of pyridine rings is 1. The number of ether oxygens (including phenoxy) is 2. The second kappa shape index (κ2) is 11.4. The summed E-state index contributed by atoms with van der Waals surface area (Å²) in [5.74, 6) is -2.73. The number of methoxy groups -OCH3 is 1. The Kier molecular flexibility index (Phi) is 8.87. The van der Waals surface area contributed by atoms with Gasteiger partial charge in [0.1, 0.15) is 17.5 Å². The number of halogens is 4. The lowest BCUT2D eigenvalue weighted by atomic mass is 9.96. The summed E-state index contributed by atoms with van der Waals surface area (Å²) in [6.07, 6.45) is -1.03. The zero-order valence-electron chi connectivity index (χ0n) is 16.8. The fourth-order valence-electron chi connectivity index (χ4n) is 2.60. The van der Waals surface area contributed by atoms with Gasteiger partial charge in [0.15, 0.2) is 0 Å². The number of hydrogen-bond acceptors (Lipinski definition) is 6. The molecule has 10 heteroatoms. The highest BCUT2D eigenvalue weighted by Gasteiger charge is 2.31. The molecule has 166 valence electrons. The number of aromatic nitrogens is 1. The number of nitrogens with two attached hydrogens (primary N) is 1. The van der Waals surface area contributed by atoms with Crippen molar-refractivity contribution < 1.29 is 27.4 Å². The van der Waals surface area contributed by atoms with Gasteiger partial charge in [-0.1, -0.05) is 23.7 Å². The first-order valence-corrected chi connectivity index (χ1v) is 9.54. The number of hydrogen-bond donors (Lipinski definition) is 1. The third-order valence-electron chi connectivity index (χ3n) is 4.10. The molecule has 2 rings (SSSR count). The monoisotopic (exact) mass is 455 g/mol. The molecule has 0 amide bonds. The van der Waals surface area contributed by atoms with Gasteiger partial charge in [0.25, 0.3) is 6.43 Å². The Balaban J connectivity index is 2.56. The lowest BCUT2D eigenvalue weighted by Gasteiger charge is -2.17. The number of carbonyl (C=O) groups excluding carboxylic acids is 1. The van der Waals surface area contributed by atoms with Crippen molar-refractivity contribution in [1.29, 1.82) is 0 Å². The van der Waals surface area contributed by atoms with Crippen LogP contribution in [0.3, 0.4) is 0 Å². The molecular weight excluding hydrogens is 435 g/mol. The zero-order valence-corrected chi connectivity index (χ0v) is 17.6. The first-order chi connectivity index (χ1) is 14.8. The van der Waals surface area contributed by atoms with Crippen molar-refractivity contribution in [2.24, 2.45) is 10.7 Å². The molecule has 31 heavy (non-hydrogen) atoms. The molecule has 6 nitrogen and oxygen atoms in total. The van der Waals surface area contributed by atoms with Crippen molar-refractivity contribution in [3.63, 3.8) is 0 Å². The van der Waals surface area contributed by atoms with E-state index in [1.165, 1.54) is 7.11 Å². The van der Waals surface area contributed by atoms with E-state index in [1.807, 2.05) is 0 Å². The van der Waals surface area contributed by atoms with Crippen LogP contribution in [0.1, 0.15) is 24.1 Å². The number of allylic oxidation sites excluding steroid dienone is 2. The Labute approximate surface area is 182 Å². The Morgan fingerprint density at radius 2 is 2.00 bits per heavy atom. The van der Waals surface area contributed by atoms with Gasteiger partial charge in [0.05, 0.1) is 42.4 Å². The summed E-state index contributed by atoms with van der Waals surface area (Å²) in [6, 6.07) is 7.76. The average molecular weight is 456 g/mol. The topological polar surface area (TPSA) is 86.8 Å². The molecule has 1 heterocycles. The van der Waals surface area contributed by atoms with Crippen LogP contribution >= 0.6 is 11.6 Å². The van der Waals surface area contributed by atoms with Gasteiger partial charge in [-0.25, -0.2) is 13.2 Å². The lowest BCUT2D eigenvalue weighted by Crippen LogP contribution is -2.27. The van der Waals surface area contributed by atoms with Crippen molar-refractivity contribution in [2.45, 2.75) is 25.8 Å². The number of carbonyl (C=O) groups is 1. The zero-order chi connectivity index (χ0) is 23.0. The van der Waals surface area contributed by atoms with Crippen LogP contribution in [0.2, 0.25) is 5.02 Å². The van der Waals surface area contributed by atoms with Crippen molar-refractivity contribution >= 4 is 23.3 Å². The molecule has 0 spiro atoms. The highest BCUT2D eigenvalue weighted by Crippen LogP contribution is 2.25. The van der Waals surface area contributed by atoms with E-state index in [-0.39, 0.29) is 29.6 Å². The number of aliphatic imine (C=N–C) groups is 1. The van der Waals surface area contributed by atoms with E-state index in [9.17, 15) is 18.0 Å². The molecule has 1 aromatic carbocycles. The third kappa shape index (κ3) is 6.71. The fourth-order valence-corrected chi connectivity index (χ4v) is 2.75. The summed E-state index contributed by atoms with van der Waals surface area (Å²) in [6.45, 7) is 1.53. The van der Waals surface area contributed by atoms with Gasteiger partial charge in [0, 0.05) is 6.20 Å². The average Bonchev–Trinajstić information content (AvgIpc) is 2.73. The van der Waals surface area contributed by atoms with Crippen LogP contribution in [0.5, 0.6) is 5.75 Å². The van der Waals surface area contributed by atoms with E-state index in [4.69, 9.17) is 26.8 Å². The van der Waals surface area contributed by atoms with E-state index in [0.717, 1.165) is 18.3 Å². The molecule has 1 atom stereocenters. The van der Waals surface area contributed by atoms with E-state index < -0.39 is 29.8 Å². The van der Waals surface area contributed by atoms with Gasteiger partial charge in [-0.05, 0) is 36.8 Å². The largest absolute Gasteiger partial charge is 0.497 e. The number of nitrogens with zero attached hydrogens (tertiary/aromatic N) is 2. The normalized spacial score (nSPS) is 13.3. The quantitative estimate of drug-likeness (QED) is 0.450. The minimum atomic E-state index is -3.00. The lowest BCUT2D eigenvalue weighted by molar-refractivity contribution is -0.143. The first-order valence-electron chi connectivity index (χ1n) is 9.16. The predicted molar refractivity (Wildman–Crippen MR) is 111 cm³/mol. The third-order valence-corrected chi connectivity index (χ3v) is 4.30. The van der Waals surface area contributed by atoms with E-state index in [1.54, 1.807) is 31.2 Å². The number of alkyl halides is 2. The molecule has 0 saturated carbocycles. The molecule has 2 N–H and O–H groups in total. The van der Waals surface area contributed by atoms with E-state index in [0.29, 0.717) is 11.3 Å². The maximum Gasteiger partial charge on any atom is 0.321 e. The predicted octanol–water partition coefficient (Wildman–Crippen LogP) is 4.28. The summed E-state index contributed by atoms with van der Waals surface area (Å²) in [7, 11) is 1.51. The van der Waals surface area contributed by atoms with Crippen LogP contribution in [-0.2, 0) is 16.1 Å². The Morgan fingerprint density at radius 1 is 1.32 bits per heavy atom. The Hall–Kier alpha value is -3.07. The van der Waals surface area contributed by atoms with E-state index in [2.05, 4.69) is 9.98 Å². The molecule has 1 aromatic heterocycles. The number of esters is 1. The number of rotatable bonds is 9. The van der Waals surface area contributed by atoms with Gasteiger partial charge in [0.2, 0.25) is 0 Å². The second-order valence-electron chi connectivity index (χ2n) is 6.24. The highest BCUT2D eigenvalue weighted by molar-refractivity contribution is 6.30.